The lowest BCUT2D eigenvalue weighted by molar-refractivity contribution is -0.131. The molecule has 2 fully saturated rings. The molecule has 0 spiro atoms. The number of amides is 2. The fourth-order valence-electron chi connectivity index (χ4n) is 3.57. The van der Waals surface area contributed by atoms with Crippen molar-refractivity contribution in [2.75, 3.05) is 26.7 Å². The van der Waals surface area contributed by atoms with Gasteiger partial charge in [-0.3, -0.25) is 9.59 Å². The second-order valence-corrected chi connectivity index (χ2v) is 7.28. The van der Waals surface area contributed by atoms with Gasteiger partial charge in [-0.1, -0.05) is 23.7 Å². The number of likely N-dealkylation sites (tertiary alicyclic amines) is 1. The van der Waals surface area contributed by atoms with Gasteiger partial charge in [0.25, 0.3) is 0 Å². The minimum atomic E-state index is 0.103. The number of halogens is 1. The van der Waals surface area contributed by atoms with E-state index in [9.17, 15) is 9.59 Å². The molecule has 1 heterocycles. The van der Waals surface area contributed by atoms with Gasteiger partial charge in [0.2, 0.25) is 11.8 Å². The second-order valence-electron chi connectivity index (χ2n) is 6.84. The van der Waals surface area contributed by atoms with Crippen molar-refractivity contribution in [1.29, 1.82) is 0 Å². The van der Waals surface area contributed by atoms with Gasteiger partial charge < -0.3 is 9.80 Å². The molecule has 4 nitrogen and oxygen atoms in total. The molecule has 3 rings (SSSR count). The summed E-state index contributed by atoms with van der Waals surface area (Å²) in [4.78, 5) is 27.7. The van der Waals surface area contributed by atoms with E-state index in [1.807, 2.05) is 41.1 Å². The molecule has 1 saturated carbocycles. The van der Waals surface area contributed by atoms with Crippen LogP contribution >= 0.6 is 11.6 Å². The summed E-state index contributed by atoms with van der Waals surface area (Å²) in [6, 6.07) is 7.80. The predicted molar refractivity (Wildman–Crippen MR) is 90.3 cm³/mol. The molecule has 2 aliphatic rings. The van der Waals surface area contributed by atoms with Gasteiger partial charge in [-0.2, -0.15) is 0 Å². The summed E-state index contributed by atoms with van der Waals surface area (Å²) in [6.45, 7) is 3.95. The number of carbonyl (C=O) groups is 2. The Morgan fingerprint density at radius 2 is 2.00 bits per heavy atom. The molecule has 23 heavy (non-hydrogen) atoms. The van der Waals surface area contributed by atoms with E-state index in [-0.39, 0.29) is 17.7 Å². The number of carbonyl (C=O) groups excluding carboxylic acids is 2. The lowest BCUT2D eigenvalue weighted by atomic mass is 10.1. The third-order valence-corrected chi connectivity index (χ3v) is 5.30. The zero-order valence-electron chi connectivity index (χ0n) is 13.7. The van der Waals surface area contributed by atoms with Crippen LogP contribution in [0.3, 0.4) is 0 Å². The number of hydrogen-bond acceptors (Lipinski definition) is 2. The fourth-order valence-corrected chi connectivity index (χ4v) is 3.70. The highest BCUT2D eigenvalue weighted by Crippen LogP contribution is 2.48. The first-order chi connectivity index (χ1) is 11.0. The van der Waals surface area contributed by atoms with Crippen LogP contribution in [0.4, 0.5) is 0 Å². The van der Waals surface area contributed by atoms with Crippen molar-refractivity contribution in [2.24, 2.45) is 11.8 Å². The number of nitrogens with zero attached hydrogens (tertiary/aromatic N) is 2. The number of benzene rings is 1. The lowest BCUT2D eigenvalue weighted by Crippen LogP contribution is -2.35. The van der Waals surface area contributed by atoms with Crippen molar-refractivity contribution in [3.05, 3.63) is 34.9 Å². The standard InChI is InChI=1S/C18H23ClN2O2/c1-12(22)21-8-7-13(11-21)10-20(2)18(23)17-9-16(17)14-3-5-15(19)6-4-14/h3-6,13,16-17H,7-11H2,1-2H3/t13-,16-,17+/m1/s1. The molecule has 0 bridgehead atoms. The Balaban J connectivity index is 1.51. The maximum Gasteiger partial charge on any atom is 0.226 e. The Morgan fingerprint density at radius 1 is 1.30 bits per heavy atom. The Bertz CT molecular complexity index is 602. The average molecular weight is 335 g/mol. The monoisotopic (exact) mass is 334 g/mol. The second kappa shape index (κ2) is 6.52. The highest BCUT2D eigenvalue weighted by Gasteiger charge is 2.45. The van der Waals surface area contributed by atoms with Crippen LogP contribution < -0.4 is 0 Å². The van der Waals surface area contributed by atoms with Gasteiger partial charge in [-0.15, -0.1) is 0 Å². The molecule has 3 atom stereocenters. The third-order valence-electron chi connectivity index (χ3n) is 5.05. The first kappa shape index (κ1) is 16.3. The summed E-state index contributed by atoms with van der Waals surface area (Å²) < 4.78 is 0. The van der Waals surface area contributed by atoms with Gasteiger partial charge in [-0.05, 0) is 42.4 Å². The third kappa shape index (κ3) is 3.69. The first-order valence-electron chi connectivity index (χ1n) is 8.21. The van der Waals surface area contributed by atoms with Crippen molar-refractivity contribution in [2.45, 2.75) is 25.7 Å². The largest absolute Gasteiger partial charge is 0.345 e. The smallest absolute Gasteiger partial charge is 0.226 e. The van der Waals surface area contributed by atoms with E-state index in [1.165, 1.54) is 5.56 Å². The van der Waals surface area contributed by atoms with E-state index in [4.69, 9.17) is 11.6 Å². The summed E-state index contributed by atoms with van der Waals surface area (Å²) in [5.41, 5.74) is 1.20. The summed E-state index contributed by atoms with van der Waals surface area (Å²) in [7, 11) is 1.88. The molecule has 2 amide bonds. The SMILES string of the molecule is CC(=O)N1CC[C@H](CN(C)C(=O)[C@H]2C[C@@H]2c2ccc(Cl)cc2)C1. The van der Waals surface area contributed by atoms with Crippen molar-refractivity contribution >= 4 is 23.4 Å². The molecule has 1 aromatic carbocycles. The van der Waals surface area contributed by atoms with E-state index in [0.29, 0.717) is 11.8 Å². The summed E-state index contributed by atoms with van der Waals surface area (Å²) >= 11 is 5.91. The minimum Gasteiger partial charge on any atom is -0.345 e. The maximum absolute atomic E-state index is 12.6. The molecule has 1 aromatic rings. The van der Waals surface area contributed by atoms with Gasteiger partial charge in [0.15, 0.2) is 0 Å². The zero-order chi connectivity index (χ0) is 16.6. The van der Waals surface area contributed by atoms with Gasteiger partial charge in [0, 0.05) is 44.5 Å². The van der Waals surface area contributed by atoms with Crippen LogP contribution in [-0.2, 0) is 9.59 Å². The van der Waals surface area contributed by atoms with Crippen LogP contribution in [0.15, 0.2) is 24.3 Å². The fraction of sp³-hybridized carbons (Fsp3) is 0.556. The Kier molecular flexibility index (Phi) is 4.62. The molecule has 0 unspecified atom stereocenters. The summed E-state index contributed by atoms with van der Waals surface area (Å²) in [5, 5.41) is 0.727. The van der Waals surface area contributed by atoms with Crippen molar-refractivity contribution in [3.63, 3.8) is 0 Å². The van der Waals surface area contributed by atoms with Gasteiger partial charge in [-0.25, -0.2) is 0 Å². The van der Waals surface area contributed by atoms with Crippen LogP contribution in [0.1, 0.15) is 31.2 Å². The molecule has 1 aliphatic heterocycles. The molecule has 1 saturated heterocycles. The Hall–Kier alpha value is -1.55. The number of rotatable bonds is 4. The Labute approximate surface area is 142 Å². The van der Waals surface area contributed by atoms with E-state index in [1.54, 1.807) is 6.92 Å². The highest BCUT2D eigenvalue weighted by atomic mass is 35.5. The summed E-state index contributed by atoms with van der Waals surface area (Å²) in [5.74, 6) is 1.20. The average Bonchev–Trinajstić information content (AvgIpc) is 3.18. The van der Waals surface area contributed by atoms with Gasteiger partial charge >= 0.3 is 0 Å². The van der Waals surface area contributed by atoms with Gasteiger partial charge in [0.1, 0.15) is 0 Å². The van der Waals surface area contributed by atoms with Crippen LogP contribution in [0.25, 0.3) is 0 Å². The van der Waals surface area contributed by atoms with Crippen molar-refractivity contribution < 1.29 is 9.59 Å². The van der Waals surface area contributed by atoms with Crippen LogP contribution in [-0.4, -0.2) is 48.3 Å². The molecule has 0 N–H and O–H groups in total. The molecular formula is C18H23ClN2O2. The maximum atomic E-state index is 12.6. The first-order valence-corrected chi connectivity index (χ1v) is 8.59. The zero-order valence-corrected chi connectivity index (χ0v) is 14.4. The van der Waals surface area contributed by atoms with E-state index in [0.717, 1.165) is 37.5 Å². The van der Waals surface area contributed by atoms with E-state index in [2.05, 4.69) is 0 Å². The van der Waals surface area contributed by atoms with E-state index >= 15 is 0 Å². The lowest BCUT2D eigenvalue weighted by Gasteiger charge is -2.22. The van der Waals surface area contributed by atoms with Crippen molar-refractivity contribution in [1.82, 2.24) is 9.80 Å². The Morgan fingerprint density at radius 3 is 2.61 bits per heavy atom. The van der Waals surface area contributed by atoms with E-state index < -0.39 is 0 Å². The topological polar surface area (TPSA) is 40.6 Å². The number of hydrogen-bond donors (Lipinski definition) is 0. The molecular weight excluding hydrogens is 312 g/mol. The molecule has 5 heteroatoms. The van der Waals surface area contributed by atoms with Crippen LogP contribution in [0.5, 0.6) is 0 Å². The van der Waals surface area contributed by atoms with Crippen molar-refractivity contribution in [3.8, 4) is 0 Å². The highest BCUT2D eigenvalue weighted by molar-refractivity contribution is 6.30. The van der Waals surface area contributed by atoms with Crippen LogP contribution in [0, 0.1) is 11.8 Å². The quantitative estimate of drug-likeness (QED) is 0.849. The predicted octanol–water partition coefficient (Wildman–Crippen LogP) is 2.77. The molecule has 0 aromatic heterocycles. The summed E-state index contributed by atoms with van der Waals surface area (Å²) in [6.07, 6.45) is 1.91. The molecule has 1 aliphatic carbocycles. The minimum absolute atomic E-state index is 0.103. The van der Waals surface area contributed by atoms with Gasteiger partial charge in [0.05, 0.1) is 0 Å². The van der Waals surface area contributed by atoms with Crippen LogP contribution in [0.2, 0.25) is 5.02 Å². The normalized spacial score (nSPS) is 26.2. The molecule has 0 radical (unpaired) electrons. The molecule has 124 valence electrons.